The molecule has 0 spiro atoms. The molecule has 1 aromatic rings. The van der Waals surface area contributed by atoms with Gasteiger partial charge in [0.15, 0.2) is 0 Å². The van der Waals surface area contributed by atoms with Crippen molar-refractivity contribution in [1.29, 1.82) is 0 Å². The third kappa shape index (κ3) is 5.42. The first-order chi connectivity index (χ1) is 10.8. The molecule has 2 N–H and O–H groups in total. The Balaban J connectivity index is 1.96. The maximum absolute atomic E-state index is 12.2. The molecule has 1 saturated carbocycles. The maximum Gasteiger partial charge on any atom is 0.471 e. The zero-order valence-corrected chi connectivity index (χ0v) is 12.7. The van der Waals surface area contributed by atoms with Gasteiger partial charge in [-0.15, -0.1) is 0 Å². The molecule has 0 aromatic heterocycles. The lowest BCUT2D eigenvalue weighted by molar-refractivity contribution is -0.167. The van der Waals surface area contributed by atoms with Gasteiger partial charge in [0.1, 0.15) is 12.4 Å². The SMILES string of the molecule is O=C(Nc1cccc(OCC2(O)CCCCCC2)c1)C(F)(F)F. The van der Waals surface area contributed by atoms with Gasteiger partial charge in [-0.1, -0.05) is 31.7 Å². The summed E-state index contributed by atoms with van der Waals surface area (Å²) >= 11 is 0. The number of carbonyl (C=O) groups excluding carboxylic acids is 1. The predicted molar refractivity (Wildman–Crippen MR) is 79.3 cm³/mol. The van der Waals surface area contributed by atoms with Crippen molar-refractivity contribution in [3.8, 4) is 5.75 Å². The van der Waals surface area contributed by atoms with Crippen LogP contribution in [-0.2, 0) is 4.79 Å². The number of benzene rings is 1. The first-order valence-corrected chi connectivity index (χ1v) is 7.62. The molecule has 0 atom stereocenters. The van der Waals surface area contributed by atoms with Gasteiger partial charge in [-0.05, 0) is 25.0 Å². The molecule has 1 fully saturated rings. The van der Waals surface area contributed by atoms with Gasteiger partial charge in [-0.25, -0.2) is 0 Å². The van der Waals surface area contributed by atoms with E-state index < -0.39 is 17.7 Å². The fraction of sp³-hybridized carbons (Fsp3) is 0.562. The van der Waals surface area contributed by atoms with Gasteiger partial charge in [-0.2, -0.15) is 13.2 Å². The van der Waals surface area contributed by atoms with Crippen LogP contribution in [0.3, 0.4) is 0 Å². The predicted octanol–water partition coefficient (Wildman–Crippen LogP) is 3.65. The first-order valence-electron chi connectivity index (χ1n) is 7.62. The normalized spacial score (nSPS) is 18.1. The summed E-state index contributed by atoms with van der Waals surface area (Å²) < 4.78 is 42.2. The van der Waals surface area contributed by atoms with Crippen molar-refractivity contribution in [2.45, 2.75) is 50.3 Å². The van der Waals surface area contributed by atoms with E-state index in [-0.39, 0.29) is 12.3 Å². The third-order valence-corrected chi connectivity index (χ3v) is 3.89. The number of hydrogen-bond acceptors (Lipinski definition) is 3. The number of alkyl halides is 3. The van der Waals surface area contributed by atoms with Crippen LogP contribution in [0.4, 0.5) is 18.9 Å². The van der Waals surface area contributed by atoms with Gasteiger partial charge >= 0.3 is 12.1 Å². The monoisotopic (exact) mass is 331 g/mol. The highest BCUT2D eigenvalue weighted by molar-refractivity contribution is 5.95. The lowest BCUT2D eigenvalue weighted by atomic mass is 9.96. The number of ether oxygens (including phenoxy) is 1. The molecule has 0 radical (unpaired) electrons. The lowest BCUT2D eigenvalue weighted by Gasteiger charge is -2.26. The minimum absolute atomic E-state index is 0.00215. The Bertz CT molecular complexity index is 538. The summed E-state index contributed by atoms with van der Waals surface area (Å²) in [6.07, 6.45) is 0.396. The Labute approximate surface area is 132 Å². The second kappa shape index (κ2) is 7.21. The molecular weight excluding hydrogens is 311 g/mol. The zero-order valence-electron chi connectivity index (χ0n) is 12.7. The van der Waals surface area contributed by atoms with Crippen molar-refractivity contribution in [2.24, 2.45) is 0 Å². The standard InChI is InChI=1S/C16H20F3NO3/c17-16(18,19)14(21)20-12-6-5-7-13(10-12)23-11-15(22)8-3-1-2-4-9-15/h5-7,10,22H,1-4,8-9,11H2,(H,20,21). The molecule has 2 rings (SSSR count). The van der Waals surface area contributed by atoms with E-state index >= 15 is 0 Å². The van der Waals surface area contributed by atoms with E-state index in [4.69, 9.17) is 4.74 Å². The summed E-state index contributed by atoms with van der Waals surface area (Å²) in [6, 6.07) is 5.71. The number of carbonyl (C=O) groups is 1. The minimum atomic E-state index is -4.94. The molecule has 1 aliphatic rings. The Morgan fingerprint density at radius 2 is 1.87 bits per heavy atom. The lowest BCUT2D eigenvalue weighted by Crippen LogP contribution is -2.35. The zero-order chi connectivity index (χ0) is 16.9. The van der Waals surface area contributed by atoms with E-state index in [1.54, 1.807) is 11.4 Å². The molecule has 1 aromatic carbocycles. The topological polar surface area (TPSA) is 58.6 Å². The summed E-state index contributed by atoms with van der Waals surface area (Å²) in [6.45, 7) is 0.0870. The highest BCUT2D eigenvalue weighted by atomic mass is 19.4. The summed E-state index contributed by atoms with van der Waals surface area (Å²) in [5.41, 5.74) is -0.903. The molecule has 0 unspecified atom stereocenters. The molecular formula is C16H20F3NO3. The number of hydrogen-bond donors (Lipinski definition) is 2. The van der Waals surface area contributed by atoms with Crippen LogP contribution in [0, 0.1) is 0 Å². The van der Waals surface area contributed by atoms with Gasteiger partial charge in [0.2, 0.25) is 0 Å². The van der Waals surface area contributed by atoms with E-state index in [2.05, 4.69) is 0 Å². The minimum Gasteiger partial charge on any atom is -0.491 e. The van der Waals surface area contributed by atoms with E-state index in [0.29, 0.717) is 18.6 Å². The Hall–Kier alpha value is -1.76. The quantitative estimate of drug-likeness (QED) is 0.828. The van der Waals surface area contributed by atoms with Crippen molar-refractivity contribution in [2.75, 3.05) is 11.9 Å². The van der Waals surface area contributed by atoms with Crippen LogP contribution in [0.5, 0.6) is 5.75 Å². The molecule has 128 valence electrons. The number of nitrogens with one attached hydrogen (secondary N) is 1. The van der Waals surface area contributed by atoms with Crippen molar-refractivity contribution < 1.29 is 27.8 Å². The van der Waals surface area contributed by atoms with Crippen LogP contribution in [0.15, 0.2) is 24.3 Å². The molecule has 1 amide bonds. The number of rotatable bonds is 4. The van der Waals surface area contributed by atoms with E-state index in [0.717, 1.165) is 25.7 Å². The van der Waals surface area contributed by atoms with Crippen LogP contribution in [0.2, 0.25) is 0 Å². The van der Waals surface area contributed by atoms with Gasteiger partial charge in [0.05, 0.1) is 5.60 Å². The second-order valence-electron chi connectivity index (χ2n) is 5.91. The van der Waals surface area contributed by atoms with Gasteiger partial charge in [0.25, 0.3) is 0 Å². The van der Waals surface area contributed by atoms with Crippen molar-refractivity contribution in [3.63, 3.8) is 0 Å². The van der Waals surface area contributed by atoms with Crippen LogP contribution >= 0.6 is 0 Å². The van der Waals surface area contributed by atoms with Crippen molar-refractivity contribution in [1.82, 2.24) is 0 Å². The molecule has 0 heterocycles. The largest absolute Gasteiger partial charge is 0.491 e. The van der Waals surface area contributed by atoms with Crippen molar-refractivity contribution in [3.05, 3.63) is 24.3 Å². The molecule has 1 aliphatic carbocycles. The fourth-order valence-electron chi connectivity index (χ4n) is 2.61. The van der Waals surface area contributed by atoms with Crippen LogP contribution < -0.4 is 10.1 Å². The van der Waals surface area contributed by atoms with Gasteiger partial charge in [-0.3, -0.25) is 4.79 Å². The Morgan fingerprint density at radius 3 is 2.48 bits per heavy atom. The Morgan fingerprint density at radius 1 is 1.22 bits per heavy atom. The summed E-state index contributed by atoms with van der Waals surface area (Å²) in [7, 11) is 0. The second-order valence-corrected chi connectivity index (χ2v) is 5.91. The first kappa shape index (κ1) is 17.6. The highest BCUT2D eigenvalue weighted by Gasteiger charge is 2.38. The summed E-state index contributed by atoms with van der Waals surface area (Å²) in [4.78, 5) is 10.9. The summed E-state index contributed by atoms with van der Waals surface area (Å²) in [5, 5.41) is 12.3. The molecule has 23 heavy (non-hydrogen) atoms. The summed E-state index contributed by atoms with van der Waals surface area (Å²) in [5.74, 6) is -1.72. The van der Waals surface area contributed by atoms with Crippen LogP contribution in [0.25, 0.3) is 0 Å². The van der Waals surface area contributed by atoms with E-state index in [1.165, 1.54) is 18.2 Å². The maximum atomic E-state index is 12.2. The highest BCUT2D eigenvalue weighted by Crippen LogP contribution is 2.28. The third-order valence-electron chi connectivity index (χ3n) is 3.89. The van der Waals surface area contributed by atoms with Gasteiger partial charge in [0, 0.05) is 11.8 Å². The Kier molecular flexibility index (Phi) is 5.51. The molecule has 7 heteroatoms. The smallest absolute Gasteiger partial charge is 0.471 e. The van der Waals surface area contributed by atoms with Crippen LogP contribution in [0.1, 0.15) is 38.5 Å². The molecule has 0 bridgehead atoms. The number of halogens is 3. The average Bonchev–Trinajstić information content (AvgIpc) is 2.70. The van der Waals surface area contributed by atoms with E-state index in [1.807, 2.05) is 0 Å². The number of amides is 1. The van der Waals surface area contributed by atoms with Crippen LogP contribution in [-0.4, -0.2) is 29.4 Å². The van der Waals surface area contributed by atoms with E-state index in [9.17, 15) is 23.1 Å². The van der Waals surface area contributed by atoms with Crippen molar-refractivity contribution >= 4 is 11.6 Å². The average molecular weight is 331 g/mol. The molecule has 0 saturated heterocycles. The number of aliphatic hydroxyl groups is 1. The molecule has 0 aliphatic heterocycles. The molecule has 4 nitrogen and oxygen atoms in total. The fourth-order valence-corrected chi connectivity index (χ4v) is 2.61. The number of anilines is 1. The van der Waals surface area contributed by atoms with Gasteiger partial charge < -0.3 is 15.2 Å².